The standard InChI is InChI=1S/C18H16N6O2S/c1-24-17(13-4-3-9-19-10-13)21-22-18(24)27-11-15-20-16(23-26-15)12-5-7-14(25-2)8-6-12/h3-10H,11H2,1-2H3. The van der Waals surface area contributed by atoms with Gasteiger partial charge in [0.05, 0.1) is 12.9 Å². The zero-order chi connectivity index (χ0) is 18.6. The van der Waals surface area contributed by atoms with Gasteiger partial charge in [0.25, 0.3) is 0 Å². The van der Waals surface area contributed by atoms with E-state index in [2.05, 4.69) is 25.3 Å². The zero-order valence-electron chi connectivity index (χ0n) is 14.7. The summed E-state index contributed by atoms with van der Waals surface area (Å²) in [6.07, 6.45) is 3.49. The molecule has 4 rings (SSSR count). The lowest BCUT2D eigenvalue weighted by Gasteiger charge is -2.02. The zero-order valence-corrected chi connectivity index (χ0v) is 15.6. The van der Waals surface area contributed by atoms with Crippen molar-refractivity contribution >= 4 is 11.8 Å². The molecule has 27 heavy (non-hydrogen) atoms. The molecule has 0 aliphatic heterocycles. The van der Waals surface area contributed by atoms with E-state index in [-0.39, 0.29) is 0 Å². The van der Waals surface area contributed by atoms with Crippen LogP contribution in [0.3, 0.4) is 0 Å². The first-order chi connectivity index (χ1) is 13.2. The molecule has 0 saturated carbocycles. The summed E-state index contributed by atoms with van der Waals surface area (Å²) < 4.78 is 12.4. The summed E-state index contributed by atoms with van der Waals surface area (Å²) in [5.41, 5.74) is 1.78. The number of hydrogen-bond acceptors (Lipinski definition) is 8. The number of hydrogen-bond donors (Lipinski definition) is 0. The lowest BCUT2D eigenvalue weighted by atomic mass is 10.2. The van der Waals surface area contributed by atoms with Gasteiger partial charge in [-0.25, -0.2) is 0 Å². The minimum absolute atomic E-state index is 0.502. The molecule has 0 radical (unpaired) electrons. The van der Waals surface area contributed by atoms with Crippen molar-refractivity contribution in [2.24, 2.45) is 7.05 Å². The number of nitrogens with zero attached hydrogens (tertiary/aromatic N) is 6. The maximum absolute atomic E-state index is 5.35. The van der Waals surface area contributed by atoms with Crippen LogP contribution >= 0.6 is 11.8 Å². The molecule has 1 aromatic carbocycles. The Morgan fingerprint density at radius 2 is 1.96 bits per heavy atom. The number of rotatable bonds is 6. The Morgan fingerprint density at radius 1 is 1.11 bits per heavy atom. The average Bonchev–Trinajstić information content (AvgIpc) is 3.34. The summed E-state index contributed by atoms with van der Waals surface area (Å²) in [5, 5.41) is 13.3. The molecule has 0 aliphatic rings. The second-order valence-corrected chi connectivity index (χ2v) is 6.58. The van der Waals surface area contributed by atoms with Crippen molar-refractivity contribution in [3.8, 4) is 28.5 Å². The first-order valence-electron chi connectivity index (χ1n) is 8.14. The van der Waals surface area contributed by atoms with Gasteiger partial charge in [-0.3, -0.25) is 4.98 Å². The summed E-state index contributed by atoms with van der Waals surface area (Å²) in [4.78, 5) is 8.56. The normalized spacial score (nSPS) is 10.9. The van der Waals surface area contributed by atoms with E-state index >= 15 is 0 Å². The van der Waals surface area contributed by atoms with E-state index in [0.29, 0.717) is 17.5 Å². The molecule has 0 N–H and O–H groups in total. The molecular formula is C18H16N6O2S. The Hall–Kier alpha value is -3.20. The van der Waals surface area contributed by atoms with E-state index in [1.807, 2.05) is 48.0 Å². The highest BCUT2D eigenvalue weighted by molar-refractivity contribution is 7.98. The largest absolute Gasteiger partial charge is 0.497 e. The highest BCUT2D eigenvalue weighted by Gasteiger charge is 2.14. The molecule has 0 atom stereocenters. The molecular weight excluding hydrogens is 364 g/mol. The number of pyridine rings is 1. The monoisotopic (exact) mass is 380 g/mol. The van der Waals surface area contributed by atoms with Gasteiger partial charge in [0, 0.05) is 30.6 Å². The number of methoxy groups -OCH3 is 1. The third-order valence-corrected chi connectivity index (χ3v) is 4.90. The topological polar surface area (TPSA) is 91.8 Å². The van der Waals surface area contributed by atoms with E-state index < -0.39 is 0 Å². The van der Waals surface area contributed by atoms with Gasteiger partial charge < -0.3 is 13.8 Å². The molecule has 4 aromatic rings. The Kier molecular flexibility index (Phi) is 4.84. The number of ether oxygens (including phenoxy) is 1. The highest BCUT2D eigenvalue weighted by atomic mass is 32.2. The summed E-state index contributed by atoms with van der Waals surface area (Å²) in [5.74, 6) is 3.11. The second-order valence-electron chi connectivity index (χ2n) is 5.64. The quantitative estimate of drug-likeness (QED) is 0.471. The van der Waals surface area contributed by atoms with Crippen LogP contribution in [0.2, 0.25) is 0 Å². The molecule has 9 heteroatoms. The maximum Gasteiger partial charge on any atom is 0.237 e. The van der Waals surface area contributed by atoms with Gasteiger partial charge in [0.15, 0.2) is 11.0 Å². The van der Waals surface area contributed by atoms with Gasteiger partial charge in [-0.05, 0) is 36.4 Å². The molecule has 136 valence electrons. The van der Waals surface area contributed by atoms with Crippen LogP contribution in [0.15, 0.2) is 58.5 Å². The summed E-state index contributed by atoms with van der Waals surface area (Å²) in [6.45, 7) is 0. The van der Waals surface area contributed by atoms with Crippen molar-refractivity contribution in [1.29, 1.82) is 0 Å². The lowest BCUT2D eigenvalue weighted by molar-refractivity contribution is 0.391. The molecule has 3 heterocycles. The van der Waals surface area contributed by atoms with Crippen LogP contribution in [0.1, 0.15) is 5.89 Å². The fourth-order valence-electron chi connectivity index (χ4n) is 2.48. The van der Waals surface area contributed by atoms with Crippen LogP contribution in [0.4, 0.5) is 0 Å². The van der Waals surface area contributed by atoms with Crippen molar-refractivity contribution in [3.05, 3.63) is 54.7 Å². The van der Waals surface area contributed by atoms with Gasteiger partial charge in [-0.1, -0.05) is 16.9 Å². The second kappa shape index (κ2) is 7.58. The molecule has 8 nitrogen and oxygen atoms in total. The van der Waals surface area contributed by atoms with E-state index in [1.54, 1.807) is 19.5 Å². The lowest BCUT2D eigenvalue weighted by Crippen LogP contribution is -1.95. The number of thioether (sulfide) groups is 1. The third-order valence-electron chi connectivity index (χ3n) is 3.90. The van der Waals surface area contributed by atoms with Crippen LogP contribution in [-0.2, 0) is 12.8 Å². The first kappa shape index (κ1) is 17.2. The minimum atomic E-state index is 0.502. The fourth-order valence-corrected chi connectivity index (χ4v) is 3.23. The van der Waals surface area contributed by atoms with Crippen LogP contribution in [0.5, 0.6) is 5.75 Å². The van der Waals surface area contributed by atoms with Crippen LogP contribution < -0.4 is 4.74 Å². The SMILES string of the molecule is COc1ccc(-c2noc(CSc3nnc(-c4cccnc4)n3C)n2)cc1. The van der Waals surface area contributed by atoms with E-state index in [1.165, 1.54) is 11.8 Å². The summed E-state index contributed by atoms with van der Waals surface area (Å²) in [7, 11) is 3.55. The average molecular weight is 380 g/mol. The molecule has 0 spiro atoms. The molecule has 0 bridgehead atoms. The fraction of sp³-hybridized carbons (Fsp3) is 0.167. The van der Waals surface area contributed by atoms with Gasteiger partial charge in [0.1, 0.15) is 5.75 Å². The number of benzene rings is 1. The summed E-state index contributed by atoms with van der Waals surface area (Å²) in [6, 6.07) is 11.3. The van der Waals surface area contributed by atoms with Gasteiger partial charge in [0.2, 0.25) is 11.7 Å². The van der Waals surface area contributed by atoms with Crippen molar-refractivity contribution < 1.29 is 9.26 Å². The Bertz CT molecular complexity index is 1030. The van der Waals surface area contributed by atoms with Crippen molar-refractivity contribution in [3.63, 3.8) is 0 Å². The van der Waals surface area contributed by atoms with Crippen LogP contribution in [-0.4, -0.2) is 37.0 Å². The van der Waals surface area contributed by atoms with Gasteiger partial charge >= 0.3 is 0 Å². The van der Waals surface area contributed by atoms with Crippen LogP contribution in [0.25, 0.3) is 22.8 Å². The molecule has 0 aliphatic carbocycles. The molecule has 0 unspecified atom stereocenters. The first-order valence-corrected chi connectivity index (χ1v) is 9.13. The molecule has 3 aromatic heterocycles. The minimum Gasteiger partial charge on any atom is -0.497 e. The molecule has 0 fully saturated rings. The summed E-state index contributed by atoms with van der Waals surface area (Å²) >= 11 is 1.48. The predicted molar refractivity (Wildman–Crippen MR) is 100 cm³/mol. The van der Waals surface area contributed by atoms with E-state index in [4.69, 9.17) is 9.26 Å². The van der Waals surface area contributed by atoms with Crippen molar-refractivity contribution in [1.82, 2.24) is 29.9 Å². The molecule has 0 saturated heterocycles. The Morgan fingerprint density at radius 3 is 2.70 bits per heavy atom. The van der Waals surface area contributed by atoms with Gasteiger partial charge in [-0.2, -0.15) is 4.98 Å². The van der Waals surface area contributed by atoms with E-state index in [0.717, 1.165) is 27.9 Å². The smallest absolute Gasteiger partial charge is 0.237 e. The molecule has 0 amide bonds. The van der Waals surface area contributed by atoms with Crippen LogP contribution in [0, 0.1) is 0 Å². The maximum atomic E-state index is 5.35. The van der Waals surface area contributed by atoms with Crippen molar-refractivity contribution in [2.45, 2.75) is 10.9 Å². The third kappa shape index (κ3) is 3.68. The van der Waals surface area contributed by atoms with E-state index in [9.17, 15) is 0 Å². The van der Waals surface area contributed by atoms with Crippen molar-refractivity contribution in [2.75, 3.05) is 7.11 Å². The predicted octanol–water partition coefficient (Wildman–Crippen LogP) is 3.23. The highest BCUT2D eigenvalue weighted by Crippen LogP contribution is 2.25. The Labute approximate surface area is 159 Å². The van der Waals surface area contributed by atoms with Gasteiger partial charge in [-0.15, -0.1) is 10.2 Å². The Balaban J connectivity index is 1.45. The number of aromatic nitrogens is 6.